The number of anilines is 1. The van der Waals surface area contributed by atoms with Gasteiger partial charge in [-0.2, -0.15) is 0 Å². The number of aryl methyl sites for hydroxylation is 1. The Bertz CT molecular complexity index is 551. The van der Waals surface area contributed by atoms with E-state index in [0.717, 1.165) is 5.56 Å². The Kier molecular flexibility index (Phi) is 3.72. The summed E-state index contributed by atoms with van der Waals surface area (Å²) in [6.07, 6.45) is 0. The van der Waals surface area contributed by atoms with Gasteiger partial charge in [0, 0.05) is 10.7 Å². The van der Waals surface area contributed by atoms with Crippen LogP contribution in [0.4, 0.5) is 10.1 Å². The number of benzene rings is 2. The Balaban J connectivity index is 2.08. The van der Waals surface area contributed by atoms with Crippen molar-refractivity contribution in [1.82, 2.24) is 0 Å². The molecule has 2 aromatic rings. The van der Waals surface area contributed by atoms with E-state index in [1.165, 1.54) is 12.1 Å². The summed E-state index contributed by atoms with van der Waals surface area (Å²) in [5.41, 5.74) is 7.58. The summed E-state index contributed by atoms with van der Waals surface area (Å²) in [5.74, 6) is 0.334. The first kappa shape index (κ1) is 12.7. The molecule has 0 unspecified atom stereocenters. The van der Waals surface area contributed by atoms with E-state index < -0.39 is 0 Å². The maximum atomic E-state index is 13.1. The van der Waals surface area contributed by atoms with Gasteiger partial charge in [-0.05, 0) is 54.4 Å². The Morgan fingerprint density at radius 2 is 2.00 bits per heavy atom. The van der Waals surface area contributed by atoms with Crippen LogP contribution in [0.25, 0.3) is 0 Å². The van der Waals surface area contributed by atoms with Crippen molar-refractivity contribution >= 4 is 17.3 Å². The number of nitrogens with two attached hydrogens (primary N) is 1. The number of nitrogen functional groups attached to an aromatic ring is 1. The standard InChI is InChI=1S/C14H13ClFNO/c1-9-4-13(2-3-14(9)15)18-8-10-5-11(16)7-12(17)6-10/h2-7H,8,17H2,1H3. The van der Waals surface area contributed by atoms with Crippen molar-refractivity contribution < 1.29 is 9.13 Å². The van der Waals surface area contributed by atoms with Crippen molar-refractivity contribution in [3.8, 4) is 5.75 Å². The SMILES string of the molecule is Cc1cc(OCc2cc(N)cc(F)c2)ccc1Cl. The van der Waals surface area contributed by atoms with Crippen molar-refractivity contribution in [2.75, 3.05) is 5.73 Å². The molecule has 0 aromatic heterocycles. The first-order valence-electron chi connectivity index (χ1n) is 5.48. The molecule has 18 heavy (non-hydrogen) atoms. The van der Waals surface area contributed by atoms with Gasteiger partial charge in [-0.3, -0.25) is 0 Å². The molecule has 94 valence electrons. The van der Waals surface area contributed by atoms with Gasteiger partial charge in [0.1, 0.15) is 18.2 Å². The van der Waals surface area contributed by atoms with Crippen LogP contribution in [0.1, 0.15) is 11.1 Å². The summed E-state index contributed by atoms with van der Waals surface area (Å²) < 4.78 is 18.7. The molecule has 0 amide bonds. The summed E-state index contributed by atoms with van der Waals surface area (Å²) >= 11 is 5.92. The largest absolute Gasteiger partial charge is 0.489 e. The minimum atomic E-state index is -0.360. The summed E-state index contributed by atoms with van der Waals surface area (Å²) in [6, 6.07) is 9.75. The highest BCUT2D eigenvalue weighted by atomic mass is 35.5. The van der Waals surface area contributed by atoms with Gasteiger partial charge in [-0.15, -0.1) is 0 Å². The van der Waals surface area contributed by atoms with Gasteiger partial charge in [-0.25, -0.2) is 4.39 Å². The van der Waals surface area contributed by atoms with E-state index >= 15 is 0 Å². The van der Waals surface area contributed by atoms with Gasteiger partial charge < -0.3 is 10.5 Å². The van der Waals surface area contributed by atoms with E-state index in [9.17, 15) is 4.39 Å². The van der Waals surface area contributed by atoms with Crippen molar-refractivity contribution in [2.45, 2.75) is 13.5 Å². The van der Waals surface area contributed by atoms with Crippen LogP contribution in [0, 0.1) is 12.7 Å². The van der Waals surface area contributed by atoms with Crippen LogP contribution in [-0.2, 0) is 6.61 Å². The molecule has 0 fully saturated rings. The molecule has 0 radical (unpaired) electrons. The van der Waals surface area contributed by atoms with Crippen LogP contribution in [0.2, 0.25) is 5.02 Å². The van der Waals surface area contributed by atoms with E-state index in [1.807, 2.05) is 13.0 Å². The van der Waals surface area contributed by atoms with Crippen molar-refractivity contribution in [3.05, 3.63) is 58.4 Å². The molecule has 0 aliphatic rings. The van der Waals surface area contributed by atoms with Crippen LogP contribution in [0.5, 0.6) is 5.75 Å². The molecular formula is C14H13ClFNO. The third-order valence-electron chi connectivity index (χ3n) is 2.51. The first-order chi connectivity index (χ1) is 8.54. The second-order valence-electron chi connectivity index (χ2n) is 4.09. The smallest absolute Gasteiger partial charge is 0.125 e. The zero-order valence-electron chi connectivity index (χ0n) is 9.91. The van der Waals surface area contributed by atoms with Crippen LogP contribution < -0.4 is 10.5 Å². The highest BCUT2D eigenvalue weighted by molar-refractivity contribution is 6.31. The maximum Gasteiger partial charge on any atom is 0.125 e. The second-order valence-corrected chi connectivity index (χ2v) is 4.50. The molecule has 0 saturated heterocycles. The minimum Gasteiger partial charge on any atom is -0.489 e. The molecule has 2 nitrogen and oxygen atoms in total. The van der Waals surface area contributed by atoms with Gasteiger partial charge >= 0.3 is 0 Å². The third-order valence-corrected chi connectivity index (χ3v) is 2.94. The Hall–Kier alpha value is -1.74. The number of halogens is 2. The average Bonchev–Trinajstić information content (AvgIpc) is 2.29. The Labute approximate surface area is 110 Å². The average molecular weight is 266 g/mol. The molecule has 0 aliphatic heterocycles. The summed E-state index contributed by atoms with van der Waals surface area (Å²) in [5, 5.41) is 0.692. The molecule has 0 aliphatic carbocycles. The topological polar surface area (TPSA) is 35.2 Å². The third kappa shape index (κ3) is 3.14. The van der Waals surface area contributed by atoms with Crippen molar-refractivity contribution in [2.24, 2.45) is 0 Å². The highest BCUT2D eigenvalue weighted by Gasteiger charge is 2.02. The first-order valence-corrected chi connectivity index (χ1v) is 5.86. The van der Waals surface area contributed by atoms with Gasteiger partial charge in [0.25, 0.3) is 0 Å². The predicted octanol–water partition coefficient (Wildman–Crippen LogP) is 3.95. The van der Waals surface area contributed by atoms with E-state index in [2.05, 4.69) is 0 Å². The van der Waals surface area contributed by atoms with E-state index in [4.69, 9.17) is 22.1 Å². The predicted molar refractivity (Wildman–Crippen MR) is 71.3 cm³/mol. The fourth-order valence-electron chi connectivity index (χ4n) is 1.63. The molecule has 0 spiro atoms. The Morgan fingerprint density at radius 1 is 1.22 bits per heavy atom. The van der Waals surface area contributed by atoms with Crippen molar-refractivity contribution in [3.63, 3.8) is 0 Å². The monoisotopic (exact) mass is 265 g/mol. The van der Waals surface area contributed by atoms with Crippen molar-refractivity contribution in [1.29, 1.82) is 0 Å². The zero-order chi connectivity index (χ0) is 13.1. The number of ether oxygens (including phenoxy) is 1. The zero-order valence-corrected chi connectivity index (χ0v) is 10.7. The molecule has 2 aromatic carbocycles. The quantitative estimate of drug-likeness (QED) is 0.853. The van der Waals surface area contributed by atoms with Gasteiger partial charge in [-0.1, -0.05) is 11.6 Å². The van der Waals surface area contributed by atoms with E-state index in [-0.39, 0.29) is 12.4 Å². The van der Waals surface area contributed by atoms with E-state index in [0.29, 0.717) is 22.0 Å². The van der Waals surface area contributed by atoms with E-state index in [1.54, 1.807) is 18.2 Å². The molecule has 2 rings (SSSR count). The summed E-state index contributed by atoms with van der Waals surface area (Å²) in [4.78, 5) is 0. The van der Waals surface area contributed by atoms with Crippen LogP contribution in [0.3, 0.4) is 0 Å². The normalized spacial score (nSPS) is 10.4. The van der Waals surface area contributed by atoms with Crippen LogP contribution in [-0.4, -0.2) is 0 Å². The van der Waals surface area contributed by atoms with Gasteiger partial charge in [0.05, 0.1) is 0 Å². The molecule has 0 atom stereocenters. The van der Waals surface area contributed by atoms with Crippen LogP contribution in [0.15, 0.2) is 36.4 Å². The van der Waals surface area contributed by atoms with Crippen LogP contribution >= 0.6 is 11.6 Å². The summed E-state index contributed by atoms with van der Waals surface area (Å²) in [7, 11) is 0. The number of hydrogen-bond donors (Lipinski definition) is 1. The molecule has 0 saturated carbocycles. The summed E-state index contributed by atoms with van der Waals surface area (Å²) in [6.45, 7) is 2.17. The Morgan fingerprint density at radius 3 is 2.67 bits per heavy atom. The second kappa shape index (κ2) is 5.27. The van der Waals surface area contributed by atoms with Gasteiger partial charge in [0.15, 0.2) is 0 Å². The molecule has 4 heteroatoms. The molecule has 0 heterocycles. The molecule has 2 N–H and O–H groups in total. The molecular weight excluding hydrogens is 253 g/mol. The lowest BCUT2D eigenvalue weighted by Gasteiger charge is -2.08. The fraction of sp³-hybridized carbons (Fsp3) is 0.143. The number of rotatable bonds is 3. The number of hydrogen-bond acceptors (Lipinski definition) is 2. The highest BCUT2D eigenvalue weighted by Crippen LogP contribution is 2.22. The fourth-order valence-corrected chi connectivity index (χ4v) is 1.75. The van der Waals surface area contributed by atoms with Gasteiger partial charge in [0.2, 0.25) is 0 Å². The lowest BCUT2D eigenvalue weighted by Crippen LogP contribution is -1.98. The lowest BCUT2D eigenvalue weighted by atomic mass is 10.2. The maximum absolute atomic E-state index is 13.1. The lowest BCUT2D eigenvalue weighted by molar-refractivity contribution is 0.305. The minimum absolute atomic E-state index is 0.267. The molecule has 0 bridgehead atoms.